The number of rotatable bonds is 3. The summed E-state index contributed by atoms with van der Waals surface area (Å²) >= 11 is 3.65. The first-order chi connectivity index (χ1) is 25.2. The molecule has 0 aliphatic heterocycles. The molecule has 8 aromatic carbocycles. The highest BCUT2D eigenvalue weighted by atomic mass is 79.9. The maximum Gasteiger partial charge on any atom is 0.0726 e. The van der Waals surface area contributed by atoms with Gasteiger partial charge >= 0.3 is 0 Å². The van der Waals surface area contributed by atoms with Crippen LogP contribution in [0.3, 0.4) is 0 Å². The first-order valence-corrected chi connectivity index (χ1v) is 18.3. The Balaban J connectivity index is 1.13. The zero-order valence-corrected chi connectivity index (χ0v) is 29.2. The number of hydrogen-bond donors (Lipinski definition) is 0. The van der Waals surface area contributed by atoms with E-state index in [-0.39, 0.29) is 5.41 Å². The van der Waals surface area contributed by atoms with Gasteiger partial charge in [0.15, 0.2) is 0 Å². The molecule has 0 saturated heterocycles. The second-order valence-electron chi connectivity index (χ2n) is 13.8. The van der Waals surface area contributed by atoms with Crippen LogP contribution >= 0.6 is 15.9 Å². The molecule has 0 atom stereocenters. The molecule has 238 valence electrons. The Bertz CT molecular complexity index is 2830. The van der Waals surface area contributed by atoms with E-state index in [1.165, 1.54) is 94.3 Å². The third-order valence-corrected chi connectivity index (χ3v) is 11.8. The van der Waals surface area contributed by atoms with Crippen LogP contribution in [0.4, 0.5) is 0 Å². The van der Waals surface area contributed by atoms with E-state index in [4.69, 9.17) is 0 Å². The van der Waals surface area contributed by atoms with Gasteiger partial charge in [-0.3, -0.25) is 0 Å². The number of nitrogens with zero attached hydrogens (tertiary/aromatic N) is 1. The number of aromatic nitrogens is 1. The van der Waals surface area contributed by atoms with E-state index in [0.29, 0.717) is 0 Å². The summed E-state index contributed by atoms with van der Waals surface area (Å²) < 4.78 is 3.55. The molecule has 0 unspecified atom stereocenters. The highest BCUT2D eigenvalue weighted by Gasteiger charge is 2.51. The van der Waals surface area contributed by atoms with Crippen LogP contribution in [-0.2, 0) is 5.41 Å². The largest absolute Gasteiger partial charge is 0.309 e. The van der Waals surface area contributed by atoms with Crippen LogP contribution in [0.25, 0.3) is 72.0 Å². The van der Waals surface area contributed by atoms with Gasteiger partial charge in [0.05, 0.1) is 16.4 Å². The van der Waals surface area contributed by atoms with Crippen LogP contribution in [0.1, 0.15) is 22.3 Å². The maximum atomic E-state index is 3.65. The number of halogens is 1. The van der Waals surface area contributed by atoms with E-state index < -0.39 is 0 Å². The van der Waals surface area contributed by atoms with Crippen molar-refractivity contribution in [3.05, 3.63) is 209 Å². The molecule has 1 nitrogen and oxygen atoms in total. The van der Waals surface area contributed by atoms with E-state index in [1.807, 2.05) is 0 Å². The highest BCUT2D eigenvalue weighted by Crippen LogP contribution is 2.63. The topological polar surface area (TPSA) is 4.93 Å². The summed E-state index contributed by atoms with van der Waals surface area (Å²) in [7, 11) is 0. The molecule has 2 aliphatic carbocycles. The molecule has 2 heteroatoms. The molecular formula is C49H30BrN. The van der Waals surface area contributed by atoms with Gasteiger partial charge in [-0.2, -0.15) is 0 Å². The predicted molar refractivity (Wildman–Crippen MR) is 216 cm³/mol. The minimum absolute atomic E-state index is 0.375. The summed E-state index contributed by atoms with van der Waals surface area (Å²) in [5.74, 6) is 0. The number of hydrogen-bond acceptors (Lipinski definition) is 0. The van der Waals surface area contributed by atoms with Crippen molar-refractivity contribution in [2.75, 3.05) is 0 Å². The van der Waals surface area contributed by atoms with Gasteiger partial charge in [-0.15, -0.1) is 0 Å². The van der Waals surface area contributed by atoms with Crippen LogP contribution < -0.4 is 0 Å². The minimum atomic E-state index is -0.375. The van der Waals surface area contributed by atoms with E-state index in [2.05, 4.69) is 202 Å². The Morgan fingerprint density at radius 3 is 1.55 bits per heavy atom. The van der Waals surface area contributed by atoms with E-state index in [0.717, 1.165) is 4.47 Å². The van der Waals surface area contributed by atoms with Crippen molar-refractivity contribution >= 4 is 37.7 Å². The summed E-state index contributed by atoms with van der Waals surface area (Å²) in [5, 5.41) is 2.51. The monoisotopic (exact) mass is 711 g/mol. The smallest absolute Gasteiger partial charge is 0.0726 e. The molecule has 0 N–H and O–H groups in total. The standard InChI is InChI=1S/C49H30BrN/c50-35-14-10-13-33(28-35)31-11-9-12-32(27-31)34-23-26-48-42(29-34)41-18-4-8-22-47(41)51(48)36-24-25-40-39-17-3-7-21-45(39)49(46(40)30-36)43-19-5-1-15-37(43)38-16-2-6-20-44(38)49/h1-30H. The molecule has 0 radical (unpaired) electrons. The van der Waals surface area contributed by atoms with Crippen molar-refractivity contribution < 1.29 is 0 Å². The van der Waals surface area contributed by atoms with Crippen molar-refractivity contribution in [3.8, 4) is 50.2 Å². The van der Waals surface area contributed by atoms with Crippen LogP contribution in [0, 0.1) is 0 Å². The van der Waals surface area contributed by atoms with Crippen LogP contribution in [-0.4, -0.2) is 4.57 Å². The molecule has 9 aromatic rings. The fraction of sp³-hybridized carbons (Fsp3) is 0.0204. The molecule has 1 spiro atoms. The molecular weight excluding hydrogens is 682 g/mol. The van der Waals surface area contributed by atoms with Gasteiger partial charge < -0.3 is 4.57 Å². The quantitative estimate of drug-likeness (QED) is 0.172. The number of para-hydroxylation sites is 1. The van der Waals surface area contributed by atoms with E-state index in [1.54, 1.807) is 0 Å². The lowest BCUT2D eigenvalue weighted by molar-refractivity contribution is 0.792. The Labute approximate surface area is 305 Å². The van der Waals surface area contributed by atoms with Gasteiger partial charge in [-0.25, -0.2) is 0 Å². The Morgan fingerprint density at radius 2 is 0.882 bits per heavy atom. The second kappa shape index (κ2) is 10.8. The molecule has 0 saturated carbocycles. The second-order valence-corrected chi connectivity index (χ2v) is 14.7. The lowest BCUT2D eigenvalue weighted by Crippen LogP contribution is -2.26. The van der Waals surface area contributed by atoms with Crippen molar-refractivity contribution in [2.45, 2.75) is 5.41 Å². The fourth-order valence-electron chi connectivity index (χ4n) is 9.20. The molecule has 1 heterocycles. The van der Waals surface area contributed by atoms with Gasteiger partial charge in [0.25, 0.3) is 0 Å². The summed E-state index contributed by atoms with van der Waals surface area (Å²) in [6.07, 6.45) is 0. The van der Waals surface area contributed by atoms with Gasteiger partial charge in [-0.05, 0) is 115 Å². The summed E-state index contributed by atoms with van der Waals surface area (Å²) in [4.78, 5) is 0. The zero-order valence-electron chi connectivity index (χ0n) is 27.6. The van der Waals surface area contributed by atoms with Gasteiger partial charge in [0.1, 0.15) is 0 Å². The predicted octanol–water partition coefficient (Wildman–Crippen LogP) is 13.2. The molecule has 2 aliphatic rings. The average molecular weight is 713 g/mol. The van der Waals surface area contributed by atoms with E-state index >= 15 is 0 Å². The van der Waals surface area contributed by atoms with Crippen molar-refractivity contribution in [3.63, 3.8) is 0 Å². The lowest BCUT2D eigenvalue weighted by Gasteiger charge is -2.30. The lowest BCUT2D eigenvalue weighted by atomic mass is 9.70. The van der Waals surface area contributed by atoms with Gasteiger partial charge in [-0.1, -0.05) is 149 Å². The third-order valence-electron chi connectivity index (χ3n) is 11.3. The molecule has 51 heavy (non-hydrogen) atoms. The molecule has 0 bridgehead atoms. The molecule has 0 amide bonds. The molecule has 11 rings (SSSR count). The SMILES string of the molecule is Brc1cccc(-c2cccc(-c3ccc4c(c3)c3ccccc3n4-c3ccc4c(c3)C3(c5ccccc5-c5ccccc53)c3ccccc3-4)c2)c1. The average Bonchev–Trinajstić information content (AvgIpc) is 3.79. The third kappa shape index (κ3) is 3.97. The Morgan fingerprint density at radius 1 is 0.353 bits per heavy atom. The maximum absolute atomic E-state index is 3.65. The first-order valence-electron chi connectivity index (χ1n) is 17.5. The van der Waals surface area contributed by atoms with Crippen LogP contribution in [0.5, 0.6) is 0 Å². The molecule has 0 fully saturated rings. The molecule has 1 aromatic heterocycles. The van der Waals surface area contributed by atoms with Crippen molar-refractivity contribution in [2.24, 2.45) is 0 Å². The summed E-state index contributed by atoms with van der Waals surface area (Å²) in [6.45, 7) is 0. The summed E-state index contributed by atoms with van der Waals surface area (Å²) in [5.41, 5.74) is 18.8. The number of benzene rings is 8. The first kappa shape index (κ1) is 28.8. The number of fused-ring (bicyclic) bond motifs is 13. The zero-order chi connectivity index (χ0) is 33.7. The van der Waals surface area contributed by atoms with Gasteiger partial charge in [0, 0.05) is 20.9 Å². The van der Waals surface area contributed by atoms with Crippen molar-refractivity contribution in [1.82, 2.24) is 4.57 Å². The minimum Gasteiger partial charge on any atom is -0.309 e. The van der Waals surface area contributed by atoms with Crippen molar-refractivity contribution in [1.29, 1.82) is 0 Å². The normalized spacial score (nSPS) is 13.4. The van der Waals surface area contributed by atoms with E-state index in [9.17, 15) is 0 Å². The highest BCUT2D eigenvalue weighted by molar-refractivity contribution is 9.10. The van der Waals surface area contributed by atoms with Gasteiger partial charge in [0.2, 0.25) is 0 Å². The summed E-state index contributed by atoms with van der Waals surface area (Å²) in [6, 6.07) is 67.5. The Kier molecular flexibility index (Phi) is 6.09. The van der Waals surface area contributed by atoms with Crippen LogP contribution in [0.15, 0.2) is 186 Å². The Hall–Kier alpha value is -5.96. The fourth-order valence-corrected chi connectivity index (χ4v) is 9.60. The van der Waals surface area contributed by atoms with Crippen LogP contribution in [0.2, 0.25) is 0 Å².